The number of rotatable bonds is 4. The van der Waals surface area contributed by atoms with Crippen molar-refractivity contribution in [3.05, 3.63) is 47.8 Å². The van der Waals surface area contributed by atoms with Crippen molar-refractivity contribution in [2.24, 2.45) is 7.05 Å². The number of ether oxygens (including phenoxy) is 1. The summed E-state index contributed by atoms with van der Waals surface area (Å²) in [6, 6.07) is 9.97. The van der Waals surface area contributed by atoms with Crippen molar-refractivity contribution in [1.29, 1.82) is 0 Å². The number of aliphatic hydroxyl groups is 1. The van der Waals surface area contributed by atoms with Gasteiger partial charge in [0.25, 0.3) is 0 Å². The molecule has 0 saturated carbocycles. The smallest absolute Gasteiger partial charge is 0.129 e. The average Bonchev–Trinajstić information content (AvgIpc) is 3.01. The zero-order chi connectivity index (χ0) is 13.2. The summed E-state index contributed by atoms with van der Waals surface area (Å²) >= 11 is 0. The predicted octanol–water partition coefficient (Wildman–Crippen LogP) is 1.72. The molecule has 19 heavy (non-hydrogen) atoms. The number of benzene rings is 1. The van der Waals surface area contributed by atoms with Crippen LogP contribution in [0, 0.1) is 0 Å². The topological polar surface area (TPSA) is 47.3 Å². The number of nitrogens with zero attached hydrogens (tertiary/aromatic N) is 2. The van der Waals surface area contributed by atoms with Gasteiger partial charge in [-0.2, -0.15) is 5.10 Å². The zero-order valence-electron chi connectivity index (χ0n) is 11.0. The number of fused-ring (bicyclic) bond motifs is 1. The lowest BCUT2D eigenvalue weighted by Gasteiger charge is -2.17. The summed E-state index contributed by atoms with van der Waals surface area (Å²) in [4.78, 5) is 0. The van der Waals surface area contributed by atoms with Gasteiger partial charge in [0, 0.05) is 25.4 Å². The Morgan fingerprint density at radius 1 is 1.42 bits per heavy atom. The van der Waals surface area contributed by atoms with Crippen molar-refractivity contribution in [3.8, 4) is 5.75 Å². The summed E-state index contributed by atoms with van der Waals surface area (Å²) in [6.45, 7) is 0. The second-order valence-electron chi connectivity index (χ2n) is 5.02. The summed E-state index contributed by atoms with van der Waals surface area (Å²) in [7, 11) is 1.92. The molecule has 1 N–H and O–H groups in total. The van der Waals surface area contributed by atoms with Crippen molar-refractivity contribution >= 4 is 0 Å². The first-order valence-electron chi connectivity index (χ1n) is 6.63. The fourth-order valence-corrected chi connectivity index (χ4v) is 2.55. The van der Waals surface area contributed by atoms with E-state index in [1.54, 1.807) is 6.20 Å². The molecule has 0 amide bonds. The normalized spacial score (nSPS) is 18.9. The van der Waals surface area contributed by atoms with Gasteiger partial charge in [0.05, 0.1) is 6.10 Å². The Kier molecular flexibility index (Phi) is 3.25. The van der Waals surface area contributed by atoms with Gasteiger partial charge < -0.3 is 9.84 Å². The first-order chi connectivity index (χ1) is 9.24. The van der Waals surface area contributed by atoms with Crippen LogP contribution in [0.5, 0.6) is 5.75 Å². The van der Waals surface area contributed by atoms with E-state index in [9.17, 15) is 5.11 Å². The predicted molar refractivity (Wildman–Crippen MR) is 72.1 cm³/mol. The Morgan fingerprint density at radius 3 is 3.00 bits per heavy atom. The van der Waals surface area contributed by atoms with E-state index in [0.717, 1.165) is 24.3 Å². The van der Waals surface area contributed by atoms with E-state index in [1.807, 2.05) is 36.0 Å². The van der Waals surface area contributed by atoms with Gasteiger partial charge >= 0.3 is 0 Å². The maximum atomic E-state index is 10.3. The van der Waals surface area contributed by atoms with Gasteiger partial charge in [0.15, 0.2) is 0 Å². The number of hydrogen-bond acceptors (Lipinski definition) is 3. The highest BCUT2D eigenvalue weighted by molar-refractivity contribution is 5.37. The average molecular weight is 258 g/mol. The van der Waals surface area contributed by atoms with Crippen molar-refractivity contribution in [2.75, 3.05) is 0 Å². The molecule has 0 spiro atoms. The molecular formula is C15H18N2O2. The first kappa shape index (κ1) is 12.2. The van der Waals surface area contributed by atoms with E-state index in [0.29, 0.717) is 6.42 Å². The maximum absolute atomic E-state index is 10.3. The minimum atomic E-state index is -0.442. The van der Waals surface area contributed by atoms with Crippen molar-refractivity contribution in [3.63, 3.8) is 0 Å². The molecule has 0 aliphatic carbocycles. The van der Waals surface area contributed by atoms with Gasteiger partial charge in [0.1, 0.15) is 11.9 Å². The van der Waals surface area contributed by atoms with Crippen molar-refractivity contribution < 1.29 is 9.84 Å². The van der Waals surface area contributed by atoms with E-state index in [4.69, 9.17) is 4.74 Å². The van der Waals surface area contributed by atoms with Gasteiger partial charge in [0.2, 0.25) is 0 Å². The van der Waals surface area contributed by atoms with E-state index < -0.39 is 6.10 Å². The molecule has 2 atom stereocenters. The Morgan fingerprint density at radius 2 is 2.26 bits per heavy atom. The van der Waals surface area contributed by atoms with E-state index >= 15 is 0 Å². The molecule has 4 nitrogen and oxygen atoms in total. The lowest BCUT2D eigenvalue weighted by atomic mass is 10.0. The highest BCUT2D eigenvalue weighted by Crippen LogP contribution is 2.30. The molecule has 4 heteroatoms. The van der Waals surface area contributed by atoms with Crippen LogP contribution in [0.15, 0.2) is 36.5 Å². The minimum absolute atomic E-state index is 0.120. The molecule has 2 aromatic rings. The summed E-state index contributed by atoms with van der Waals surface area (Å²) in [5.41, 5.74) is 2.32. The highest BCUT2D eigenvalue weighted by Gasteiger charge is 2.28. The van der Waals surface area contributed by atoms with Crippen molar-refractivity contribution in [1.82, 2.24) is 9.78 Å². The van der Waals surface area contributed by atoms with Crippen LogP contribution >= 0.6 is 0 Å². The molecule has 0 saturated heterocycles. The highest BCUT2D eigenvalue weighted by atomic mass is 16.5. The van der Waals surface area contributed by atoms with E-state index in [1.165, 1.54) is 5.56 Å². The molecule has 1 aromatic heterocycles. The molecule has 2 unspecified atom stereocenters. The Balaban J connectivity index is 1.58. The van der Waals surface area contributed by atoms with Gasteiger partial charge in [-0.3, -0.25) is 4.68 Å². The quantitative estimate of drug-likeness (QED) is 0.908. The fraction of sp³-hybridized carbons (Fsp3) is 0.400. The van der Waals surface area contributed by atoms with Crippen LogP contribution in [0.25, 0.3) is 0 Å². The van der Waals surface area contributed by atoms with Crippen LogP contribution in [0.4, 0.5) is 0 Å². The van der Waals surface area contributed by atoms with Crippen LogP contribution in [0.3, 0.4) is 0 Å². The second-order valence-corrected chi connectivity index (χ2v) is 5.02. The third kappa shape index (κ3) is 2.49. The summed E-state index contributed by atoms with van der Waals surface area (Å²) in [5, 5.41) is 14.4. The van der Waals surface area contributed by atoms with Crippen LogP contribution < -0.4 is 4.74 Å². The Bertz CT molecular complexity index is 540. The Hall–Kier alpha value is -1.81. The van der Waals surface area contributed by atoms with Gasteiger partial charge in [-0.15, -0.1) is 0 Å². The third-order valence-electron chi connectivity index (χ3n) is 3.72. The van der Waals surface area contributed by atoms with Crippen molar-refractivity contribution in [2.45, 2.75) is 31.5 Å². The molecular weight excluding hydrogens is 240 g/mol. The monoisotopic (exact) mass is 258 g/mol. The Labute approximate surface area is 112 Å². The van der Waals surface area contributed by atoms with Crippen LogP contribution in [0.1, 0.15) is 17.7 Å². The van der Waals surface area contributed by atoms with Gasteiger partial charge in [-0.1, -0.05) is 18.2 Å². The molecule has 2 heterocycles. The number of hydrogen-bond donors (Lipinski definition) is 1. The van der Waals surface area contributed by atoms with E-state index in [-0.39, 0.29) is 6.10 Å². The molecule has 1 aliphatic rings. The van der Waals surface area contributed by atoms with Crippen LogP contribution in [-0.4, -0.2) is 27.1 Å². The molecule has 1 aromatic carbocycles. The number of aliphatic hydroxyl groups excluding tert-OH is 1. The van der Waals surface area contributed by atoms with Crippen LogP contribution in [-0.2, 0) is 19.9 Å². The lowest BCUT2D eigenvalue weighted by molar-refractivity contribution is 0.0440. The standard InChI is InChI=1S/C15H18N2O2/c1-17-12(8-9-16-17)6-7-13(18)15-10-11-4-2-3-5-14(11)19-15/h2-5,8-9,13,15,18H,6-7,10H2,1H3. The molecule has 100 valence electrons. The zero-order valence-corrected chi connectivity index (χ0v) is 11.0. The molecule has 1 aliphatic heterocycles. The summed E-state index contributed by atoms with van der Waals surface area (Å²) < 4.78 is 7.64. The molecule has 0 bridgehead atoms. The lowest BCUT2D eigenvalue weighted by Crippen LogP contribution is -2.30. The SMILES string of the molecule is Cn1nccc1CCC(O)C1Cc2ccccc2O1. The number of aromatic nitrogens is 2. The molecule has 0 fully saturated rings. The number of para-hydroxylation sites is 1. The fourth-order valence-electron chi connectivity index (χ4n) is 2.55. The van der Waals surface area contributed by atoms with Gasteiger partial charge in [-0.25, -0.2) is 0 Å². The third-order valence-corrected chi connectivity index (χ3v) is 3.72. The first-order valence-corrected chi connectivity index (χ1v) is 6.63. The molecule has 0 radical (unpaired) electrons. The summed E-state index contributed by atoms with van der Waals surface area (Å²) in [5.74, 6) is 0.909. The van der Waals surface area contributed by atoms with E-state index in [2.05, 4.69) is 11.2 Å². The largest absolute Gasteiger partial charge is 0.487 e. The molecule has 3 rings (SSSR count). The number of aryl methyl sites for hydroxylation is 2. The summed E-state index contributed by atoms with van der Waals surface area (Å²) in [6.07, 6.45) is 3.52. The maximum Gasteiger partial charge on any atom is 0.129 e. The minimum Gasteiger partial charge on any atom is -0.487 e. The van der Waals surface area contributed by atoms with Crippen LogP contribution in [0.2, 0.25) is 0 Å². The van der Waals surface area contributed by atoms with Gasteiger partial charge in [-0.05, 0) is 30.5 Å². The second kappa shape index (κ2) is 5.05.